The van der Waals surface area contributed by atoms with Crippen LogP contribution in [0.3, 0.4) is 0 Å². The monoisotopic (exact) mass is 284 g/mol. The highest BCUT2D eigenvalue weighted by atomic mass is 35.5. The molecule has 100 valence electrons. The summed E-state index contributed by atoms with van der Waals surface area (Å²) in [6.07, 6.45) is 0. The van der Waals surface area contributed by atoms with Gasteiger partial charge in [0.05, 0.1) is 21.8 Å². The van der Waals surface area contributed by atoms with Gasteiger partial charge in [0.2, 0.25) is 0 Å². The van der Waals surface area contributed by atoms with E-state index in [1.807, 2.05) is 26.0 Å². The van der Waals surface area contributed by atoms with Crippen molar-refractivity contribution in [2.24, 2.45) is 0 Å². The standard InChI is InChI=1S/C16H13ClN2O/c1-10-6-7-12(14(17)8-10)16(20)19-15-5-3-4-11(2)13(15)9-18/h3-8H,1-2H3,(H,19,20). The second kappa shape index (κ2) is 5.77. The zero-order valence-corrected chi connectivity index (χ0v) is 12.0. The lowest BCUT2D eigenvalue weighted by atomic mass is 10.1. The number of nitrogens with one attached hydrogen (secondary N) is 1. The Balaban J connectivity index is 2.33. The van der Waals surface area contributed by atoms with Gasteiger partial charge in [0.25, 0.3) is 5.91 Å². The first-order valence-corrected chi connectivity index (χ1v) is 6.48. The van der Waals surface area contributed by atoms with E-state index in [9.17, 15) is 4.79 Å². The fraction of sp³-hybridized carbons (Fsp3) is 0.125. The molecule has 0 heterocycles. The number of hydrogen-bond acceptors (Lipinski definition) is 2. The Morgan fingerprint density at radius 2 is 2.00 bits per heavy atom. The van der Waals surface area contributed by atoms with Crippen LogP contribution in [0.5, 0.6) is 0 Å². The van der Waals surface area contributed by atoms with Crippen molar-refractivity contribution < 1.29 is 4.79 Å². The number of anilines is 1. The fourth-order valence-corrected chi connectivity index (χ4v) is 2.24. The summed E-state index contributed by atoms with van der Waals surface area (Å²) in [5.74, 6) is -0.322. The summed E-state index contributed by atoms with van der Waals surface area (Å²) in [4.78, 5) is 12.2. The lowest BCUT2D eigenvalue weighted by Crippen LogP contribution is -2.13. The maximum Gasteiger partial charge on any atom is 0.257 e. The summed E-state index contributed by atoms with van der Waals surface area (Å²) < 4.78 is 0. The van der Waals surface area contributed by atoms with E-state index in [0.29, 0.717) is 21.8 Å². The third-order valence-corrected chi connectivity index (χ3v) is 3.31. The fourth-order valence-electron chi connectivity index (χ4n) is 1.91. The van der Waals surface area contributed by atoms with Crippen LogP contribution < -0.4 is 5.32 Å². The summed E-state index contributed by atoms with van der Waals surface area (Å²) in [5, 5.41) is 12.3. The van der Waals surface area contributed by atoms with E-state index in [0.717, 1.165) is 11.1 Å². The number of halogens is 1. The van der Waals surface area contributed by atoms with Crippen molar-refractivity contribution in [1.29, 1.82) is 5.26 Å². The minimum Gasteiger partial charge on any atom is -0.321 e. The predicted octanol–water partition coefficient (Wildman–Crippen LogP) is 4.08. The van der Waals surface area contributed by atoms with E-state index < -0.39 is 0 Å². The Kier molecular flexibility index (Phi) is 4.07. The molecule has 0 aromatic heterocycles. The molecule has 3 nitrogen and oxygen atoms in total. The lowest BCUT2D eigenvalue weighted by Gasteiger charge is -2.10. The number of hydrogen-bond donors (Lipinski definition) is 1. The van der Waals surface area contributed by atoms with Crippen molar-refractivity contribution in [3.63, 3.8) is 0 Å². The maximum atomic E-state index is 12.2. The molecule has 1 N–H and O–H groups in total. The van der Waals surface area contributed by atoms with Gasteiger partial charge in [-0.2, -0.15) is 5.26 Å². The van der Waals surface area contributed by atoms with Gasteiger partial charge >= 0.3 is 0 Å². The summed E-state index contributed by atoms with van der Waals surface area (Å²) in [5.41, 5.74) is 3.15. The van der Waals surface area contributed by atoms with Crippen LogP contribution in [0.2, 0.25) is 5.02 Å². The SMILES string of the molecule is Cc1ccc(C(=O)Nc2cccc(C)c2C#N)c(Cl)c1. The minimum atomic E-state index is -0.322. The van der Waals surface area contributed by atoms with Crippen LogP contribution in [0, 0.1) is 25.2 Å². The topological polar surface area (TPSA) is 52.9 Å². The van der Waals surface area contributed by atoms with E-state index in [1.54, 1.807) is 24.3 Å². The molecule has 0 bridgehead atoms. The van der Waals surface area contributed by atoms with Crippen molar-refractivity contribution in [3.8, 4) is 6.07 Å². The summed E-state index contributed by atoms with van der Waals surface area (Å²) in [6.45, 7) is 3.73. The number of benzene rings is 2. The van der Waals surface area contributed by atoms with E-state index in [-0.39, 0.29) is 5.91 Å². The van der Waals surface area contributed by atoms with Gasteiger partial charge in [0.1, 0.15) is 6.07 Å². The first kappa shape index (κ1) is 14.1. The second-order valence-corrected chi connectivity index (χ2v) is 4.95. The van der Waals surface area contributed by atoms with Crippen molar-refractivity contribution in [3.05, 3.63) is 63.7 Å². The molecular formula is C16H13ClN2O. The zero-order valence-electron chi connectivity index (χ0n) is 11.2. The van der Waals surface area contributed by atoms with Gasteiger partial charge in [0, 0.05) is 0 Å². The molecule has 1 amide bonds. The first-order valence-electron chi connectivity index (χ1n) is 6.10. The van der Waals surface area contributed by atoms with Gasteiger partial charge in [-0.15, -0.1) is 0 Å². The Morgan fingerprint density at radius 1 is 1.25 bits per heavy atom. The van der Waals surface area contributed by atoms with Crippen molar-refractivity contribution in [1.82, 2.24) is 0 Å². The average Bonchev–Trinajstić information content (AvgIpc) is 2.38. The smallest absolute Gasteiger partial charge is 0.257 e. The minimum absolute atomic E-state index is 0.322. The number of carbonyl (C=O) groups is 1. The molecule has 0 radical (unpaired) electrons. The molecule has 0 saturated heterocycles. The number of nitrogens with zero attached hydrogens (tertiary/aromatic N) is 1. The number of rotatable bonds is 2. The van der Waals surface area contributed by atoms with E-state index in [4.69, 9.17) is 16.9 Å². The first-order chi connectivity index (χ1) is 9.52. The molecule has 0 aliphatic heterocycles. The third kappa shape index (κ3) is 2.81. The summed E-state index contributed by atoms with van der Waals surface area (Å²) in [6, 6.07) is 12.6. The average molecular weight is 285 g/mol. The van der Waals surface area contributed by atoms with Crippen LogP contribution in [0.15, 0.2) is 36.4 Å². The van der Waals surface area contributed by atoms with Crippen LogP contribution in [-0.2, 0) is 0 Å². The molecule has 0 atom stereocenters. The molecule has 20 heavy (non-hydrogen) atoms. The molecule has 2 aromatic rings. The highest BCUT2D eigenvalue weighted by molar-refractivity contribution is 6.34. The molecule has 0 unspecified atom stereocenters. The van der Waals surface area contributed by atoms with Crippen LogP contribution in [-0.4, -0.2) is 5.91 Å². The Labute approximate surface area is 122 Å². The largest absolute Gasteiger partial charge is 0.321 e. The Morgan fingerprint density at radius 3 is 2.65 bits per heavy atom. The molecule has 0 aliphatic carbocycles. The molecular weight excluding hydrogens is 272 g/mol. The summed E-state index contributed by atoms with van der Waals surface area (Å²) >= 11 is 6.07. The van der Waals surface area contributed by atoms with Crippen LogP contribution in [0.1, 0.15) is 27.0 Å². The Bertz CT molecular complexity index is 717. The summed E-state index contributed by atoms with van der Waals surface area (Å²) in [7, 11) is 0. The quantitative estimate of drug-likeness (QED) is 0.903. The van der Waals surface area contributed by atoms with E-state index in [1.165, 1.54) is 0 Å². The molecule has 2 rings (SSSR count). The number of carbonyl (C=O) groups excluding carboxylic acids is 1. The number of nitriles is 1. The maximum absolute atomic E-state index is 12.2. The van der Waals surface area contributed by atoms with Gasteiger partial charge in [-0.3, -0.25) is 4.79 Å². The van der Waals surface area contributed by atoms with E-state index in [2.05, 4.69) is 11.4 Å². The van der Waals surface area contributed by atoms with Crippen LogP contribution in [0.4, 0.5) is 5.69 Å². The molecule has 4 heteroatoms. The highest BCUT2D eigenvalue weighted by Gasteiger charge is 2.13. The predicted molar refractivity (Wildman–Crippen MR) is 80.0 cm³/mol. The van der Waals surface area contributed by atoms with Gasteiger partial charge in [-0.25, -0.2) is 0 Å². The van der Waals surface area contributed by atoms with Gasteiger partial charge in [0.15, 0.2) is 0 Å². The van der Waals surface area contributed by atoms with Gasteiger partial charge in [-0.05, 0) is 43.2 Å². The number of amides is 1. The molecule has 0 spiro atoms. The van der Waals surface area contributed by atoms with Crippen molar-refractivity contribution in [2.75, 3.05) is 5.32 Å². The normalized spacial score (nSPS) is 9.90. The molecule has 2 aromatic carbocycles. The van der Waals surface area contributed by atoms with Gasteiger partial charge < -0.3 is 5.32 Å². The molecule has 0 fully saturated rings. The molecule has 0 aliphatic rings. The highest BCUT2D eigenvalue weighted by Crippen LogP contribution is 2.22. The van der Waals surface area contributed by atoms with Crippen molar-refractivity contribution in [2.45, 2.75) is 13.8 Å². The van der Waals surface area contributed by atoms with Crippen LogP contribution >= 0.6 is 11.6 Å². The third-order valence-electron chi connectivity index (χ3n) is 3.00. The van der Waals surface area contributed by atoms with Gasteiger partial charge in [-0.1, -0.05) is 29.8 Å². The molecule has 0 saturated carbocycles. The Hall–Kier alpha value is -2.31. The zero-order chi connectivity index (χ0) is 14.7. The van der Waals surface area contributed by atoms with Crippen molar-refractivity contribution >= 4 is 23.2 Å². The van der Waals surface area contributed by atoms with Crippen LogP contribution in [0.25, 0.3) is 0 Å². The lowest BCUT2D eigenvalue weighted by molar-refractivity contribution is 0.102. The van der Waals surface area contributed by atoms with E-state index >= 15 is 0 Å². The number of aryl methyl sites for hydroxylation is 2. The second-order valence-electron chi connectivity index (χ2n) is 4.55.